The van der Waals surface area contributed by atoms with Gasteiger partial charge in [0.1, 0.15) is 0 Å². The molecule has 0 amide bonds. The van der Waals surface area contributed by atoms with Gasteiger partial charge in [-0.15, -0.1) is 0 Å². The second-order valence-corrected chi connectivity index (χ2v) is 5.46. The lowest BCUT2D eigenvalue weighted by molar-refractivity contribution is -0.147. The normalized spacial score (nSPS) is 12.5. The minimum absolute atomic E-state index is 0.287. The Labute approximate surface area is 147 Å². The fourth-order valence-electron chi connectivity index (χ4n) is 1.64. The number of aliphatic hydroxyl groups is 2. The second kappa shape index (κ2) is 9.24. The molecule has 0 saturated heterocycles. The summed E-state index contributed by atoms with van der Waals surface area (Å²) in [6.45, 7) is 0. The third kappa shape index (κ3) is 6.17. The number of carboxylic acids is 2. The number of carboxylic acid groups (broad SMARTS) is 2. The maximum atomic E-state index is 10.3. The summed E-state index contributed by atoms with van der Waals surface area (Å²) in [6, 6.07) is 12.2. The molecule has 0 spiro atoms. The van der Waals surface area contributed by atoms with E-state index in [0.29, 0.717) is 10.0 Å². The van der Waals surface area contributed by atoms with Crippen LogP contribution in [0.1, 0.15) is 23.3 Å². The molecule has 128 valence electrons. The van der Waals surface area contributed by atoms with E-state index < -0.39 is 24.1 Å². The zero-order valence-electron chi connectivity index (χ0n) is 12.1. The quantitative estimate of drug-likeness (QED) is 0.655. The van der Waals surface area contributed by atoms with Gasteiger partial charge in [-0.05, 0) is 35.4 Å². The number of carbonyl (C=O) groups is 2. The van der Waals surface area contributed by atoms with Crippen molar-refractivity contribution in [2.24, 2.45) is 0 Å². The highest BCUT2D eigenvalue weighted by Gasteiger charge is 2.15. The van der Waals surface area contributed by atoms with E-state index in [1.807, 2.05) is 0 Å². The highest BCUT2D eigenvalue weighted by Crippen LogP contribution is 2.18. The smallest absolute Gasteiger partial charge is 0.337 e. The fraction of sp³-hybridized carbons (Fsp3) is 0.125. The third-order valence-corrected chi connectivity index (χ3v) is 3.27. The fourth-order valence-corrected chi connectivity index (χ4v) is 2.04. The van der Waals surface area contributed by atoms with E-state index in [-0.39, 0.29) is 11.1 Å². The number of benzene rings is 2. The van der Waals surface area contributed by atoms with E-state index in [4.69, 9.17) is 43.6 Å². The maximum Gasteiger partial charge on any atom is 0.337 e. The van der Waals surface area contributed by atoms with Gasteiger partial charge in [-0.3, -0.25) is 0 Å². The molecule has 8 heteroatoms. The van der Waals surface area contributed by atoms with Crippen LogP contribution in [0.2, 0.25) is 10.0 Å². The Bertz CT molecular complexity index is 658. The van der Waals surface area contributed by atoms with Crippen LogP contribution in [-0.4, -0.2) is 32.4 Å². The molecule has 0 aliphatic heterocycles. The van der Waals surface area contributed by atoms with Crippen LogP contribution < -0.4 is 0 Å². The summed E-state index contributed by atoms with van der Waals surface area (Å²) in [6.07, 6.45) is -2.99. The molecule has 2 atom stereocenters. The van der Waals surface area contributed by atoms with Gasteiger partial charge >= 0.3 is 11.9 Å². The van der Waals surface area contributed by atoms with Crippen LogP contribution in [0.25, 0.3) is 0 Å². The van der Waals surface area contributed by atoms with E-state index in [1.165, 1.54) is 24.3 Å². The first-order chi connectivity index (χ1) is 11.2. The number of hydrogen-bond acceptors (Lipinski definition) is 4. The van der Waals surface area contributed by atoms with Gasteiger partial charge < -0.3 is 20.4 Å². The van der Waals surface area contributed by atoms with Gasteiger partial charge in [-0.25, -0.2) is 9.59 Å². The van der Waals surface area contributed by atoms with Gasteiger partial charge in [0.2, 0.25) is 0 Å². The Morgan fingerprint density at radius 2 is 1.08 bits per heavy atom. The summed E-state index contributed by atoms with van der Waals surface area (Å²) >= 11 is 11.2. The number of aliphatic carboxylic acids is 2. The van der Waals surface area contributed by atoms with E-state index in [2.05, 4.69) is 0 Å². The molecule has 0 aliphatic rings. The maximum absolute atomic E-state index is 10.3. The van der Waals surface area contributed by atoms with Crippen molar-refractivity contribution in [2.75, 3.05) is 0 Å². The van der Waals surface area contributed by atoms with Crippen LogP contribution in [0, 0.1) is 0 Å². The van der Waals surface area contributed by atoms with Crippen molar-refractivity contribution in [3.63, 3.8) is 0 Å². The molecule has 0 heterocycles. The lowest BCUT2D eigenvalue weighted by Crippen LogP contribution is -2.09. The molecule has 6 nitrogen and oxygen atoms in total. The van der Waals surface area contributed by atoms with Crippen molar-refractivity contribution in [1.82, 2.24) is 0 Å². The number of hydrogen-bond donors (Lipinski definition) is 4. The Kier molecular flexibility index (Phi) is 7.67. The van der Waals surface area contributed by atoms with Crippen LogP contribution in [-0.2, 0) is 9.59 Å². The van der Waals surface area contributed by atoms with E-state index in [0.717, 1.165) is 0 Å². The predicted octanol–water partition coefficient (Wildman–Crippen LogP) is 2.92. The molecule has 0 radical (unpaired) electrons. The van der Waals surface area contributed by atoms with Crippen molar-refractivity contribution >= 4 is 35.1 Å². The van der Waals surface area contributed by atoms with Crippen LogP contribution in [0.3, 0.4) is 0 Å². The molecule has 2 unspecified atom stereocenters. The van der Waals surface area contributed by atoms with Gasteiger partial charge in [-0.2, -0.15) is 0 Å². The van der Waals surface area contributed by atoms with Crippen molar-refractivity contribution in [1.29, 1.82) is 0 Å². The molecule has 2 aromatic rings. The Morgan fingerprint density at radius 1 is 0.750 bits per heavy atom. The lowest BCUT2D eigenvalue weighted by Gasteiger charge is -2.04. The zero-order chi connectivity index (χ0) is 18.3. The standard InChI is InChI=1S/2C8H7ClO3/c2*9-6-3-1-2-5(4-6)7(10)8(11)12/h2*1-4,7,10H,(H,11,12). The first-order valence-corrected chi connectivity index (χ1v) is 7.30. The molecule has 4 N–H and O–H groups in total. The molecular weight excluding hydrogens is 359 g/mol. The summed E-state index contributed by atoms with van der Waals surface area (Å²) in [4.78, 5) is 20.6. The van der Waals surface area contributed by atoms with E-state index >= 15 is 0 Å². The van der Waals surface area contributed by atoms with Crippen LogP contribution in [0.5, 0.6) is 0 Å². The summed E-state index contributed by atoms with van der Waals surface area (Å²) < 4.78 is 0. The topological polar surface area (TPSA) is 115 Å². The van der Waals surface area contributed by atoms with Crippen molar-refractivity contribution in [2.45, 2.75) is 12.2 Å². The van der Waals surface area contributed by atoms with Gasteiger partial charge in [0, 0.05) is 10.0 Å². The third-order valence-electron chi connectivity index (χ3n) is 2.80. The average molecular weight is 373 g/mol. The van der Waals surface area contributed by atoms with Gasteiger partial charge in [0.05, 0.1) is 0 Å². The number of halogens is 2. The van der Waals surface area contributed by atoms with Crippen molar-refractivity contribution < 1.29 is 30.0 Å². The van der Waals surface area contributed by atoms with Gasteiger partial charge in [0.15, 0.2) is 12.2 Å². The van der Waals surface area contributed by atoms with E-state index in [9.17, 15) is 9.59 Å². The molecular formula is C16H14Cl2O6. The van der Waals surface area contributed by atoms with Crippen LogP contribution in [0.4, 0.5) is 0 Å². The first-order valence-electron chi connectivity index (χ1n) is 6.55. The zero-order valence-corrected chi connectivity index (χ0v) is 13.6. The monoisotopic (exact) mass is 372 g/mol. The summed E-state index contributed by atoms with van der Waals surface area (Å²) in [7, 11) is 0. The summed E-state index contributed by atoms with van der Waals surface area (Å²) in [5, 5.41) is 35.8. The average Bonchev–Trinajstić information content (AvgIpc) is 2.53. The Balaban J connectivity index is 0.000000240. The Hall–Kier alpha value is -2.12. The molecule has 24 heavy (non-hydrogen) atoms. The van der Waals surface area contributed by atoms with Crippen molar-refractivity contribution in [3.8, 4) is 0 Å². The molecule has 0 fully saturated rings. The van der Waals surface area contributed by atoms with Crippen LogP contribution in [0.15, 0.2) is 48.5 Å². The Morgan fingerprint density at radius 3 is 1.33 bits per heavy atom. The predicted molar refractivity (Wildman–Crippen MR) is 88.1 cm³/mol. The van der Waals surface area contributed by atoms with Gasteiger partial charge in [0.25, 0.3) is 0 Å². The molecule has 2 rings (SSSR count). The number of rotatable bonds is 4. The number of aliphatic hydroxyl groups excluding tert-OH is 2. The lowest BCUT2D eigenvalue weighted by atomic mass is 10.1. The van der Waals surface area contributed by atoms with E-state index in [1.54, 1.807) is 24.3 Å². The first kappa shape index (κ1) is 19.9. The SMILES string of the molecule is O=C(O)C(O)c1cccc(Cl)c1.O=C(O)C(O)c1cccc(Cl)c1. The molecule has 0 saturated carbocycles. The molecule has 0 aliphatic carbocycles. The van der Waals surface area contributed by atoms with Gasteiger partial charge in [-0.1, -0.05) is 47.5 Å². The summed E-state index contributed by atoms with van der Waals surface area (Å²) in [5.74, 6) is -2.56. The molecule has 0 aromatic heterocycles. The second-order valence-electron chi connectivity index (χ2n) is 4.59. The highest BCUT2D eigenvalue weighted by molar-refractivity contribution is 6.30. The minimum Gasteiger partial charge on any atom is -0.479 e. The molecule has 2 aromatic carbocycles. The largest absolute Gasteiger partial charge is 0.479 e. The highest BCUT2D eigenvalue weighted by atomic mass is 35.5. The van der Waals surface area contributed by atoms with Crippen molar-refractivity contribution in [3.05, 3.63) is 69.7 Å². The minimum atomic E-state index is -1.50. The van der Waals surface area contributed by atoms with Crippen LogP contribution >= 0.6 is 23.2 Å². The molecule has 0 bridgehead atoms. The summed E-state index contributed by atoms with van der Waals surface area (Å²) in [5.41, 5.74) is 0.574.